The van der Waals surface area contributed by atoms with E-state index in [1.54, 1.807) is 0 Å². The number of hydrogen-bond donors (Lipinski definition) is 3. The van der Waals surface area contributed by atoms with E-state index in [1.807, 2.05) is 0 Å². The number of esters is 4. The smallest absolute Gasteiger partial charge is 0.462 e. The first-order chi connectivity index (χ1) is 37.9. The van der Waals surface area contributed by atoms with E-state index < -0.39 is 97.5 Å². The fraction of sp³-hybridized carbons (Fsp3) is 0.933. The fourth-order valence-electron chi connectivity index (χ4n) is 8.82. The van der Waals surface area contributed by atoms with Gasteiger partial charge in [0.15, 0.2) is 12.2 Å². The van der Waals surface area contributed by atoms with Crippen LogP contribution in [0.2, 0.25) is 0 Å². The van der Waals surface area contributed by atoms with E-state index in [0.29, 0.717) is 31.6 Å². The molecule has 0 amide bonds. The number of unbranched alkanes of at least 4 members (excludes halogenated alkanes) is 29. The van der Waals surface area contributed by atoms with Crippen LogP contribution in [0.3, 0.4) is 0 Å². The van der Waals surface area contributed by atoms with Gasteiger partial charge in [-0.15, -0.1) is 0 Å². The molecular weight excluding hydrogens is 1050 g/mol. The Morgan fingerprint density at radius 1 is 0.342 bits per heavy atom. The summed E-state index contributed by atoms with van der Waals surface area (Å²) >= 11 is 0. The van der Waals surface area contributed by atoms with E-state index in [2.05, 4.69) is 41.5 Å². The third-order valence-electron chi connectivity index (χ3n) is 13.7. The Balaban J connectivity index is 5.23. The van der Waals surface area contributed by atoms with Crippen LogP contribution < -0.4 is 0 Å². The summed E-state index contributed by atoms with van der Waals surface area (Å²) < 4.78 is 67.7. The molecule has 0 fully saturated rings. The zero-order valence-corrected chi connectivity index (χ0v) is 52.4. The van der Waals surface area contributed by atoms with Gasteiger partial charge < -0.3 is 33.8 Å². The van der Waals surface area contributed by atoms with Gasteiger partial charge in [-0.1, -0.05) is 241 Å². The van der Waals surface area contributed by atoms with E-state index in [0.717, 1.165) is 102 Å². The molecule has 3 N–H and O–H groups in total. The number of phosphoric ester groups is 2. The minimum atomic E-state index is -4.94. The van der Waals surface area contributed by atoms with Crippen LogP contribution in [0.15, 0.2) is 0 Å². The zero-order chi connectivity index (χ0) is 58.7. The predicted molar refractivity (Wildman–Crippen MR) is 312 cm³/mol. The Labute approximate surface area is 479 Å². The molecular formula is C60H116O17P2. The molecule has 0 aromatic heterocycles. The molecule has 0 aromatic rings. The van der Waals surface area contributed by atoms with Crippen molar-refractivity contribution in [3.8, 4) is 0 Å². The van der Waals surface area contributed by atoms with Crippen LogP contribution in [0.1, 0.15) is 292 Å². The number of aliphatic hydroxyl groups is 1. The second-order valence-corrected chi connectivity index (χ2v) is 25.6. The SMILES string of the molecule is CCCCCCCCCCCC(=O)OC[C@H](COP(=O)(O)OC[C@H](O)COP(=O)(O)OC[C@@H](COC(=O)CCCCCCCCCC(C)C)OC(=O)CCCCCCCCCCC(C)C)OC(=O)CCCCCCCCCCC. The third kappa shape index (κ3) is 55.0. The Kier molecular flexibility index (Phi) is 51.5. The first-order valence-corrected chi connectivity index (χ1v) is 34.5. The van der Waals surface area contributed by atoms with Gasteiger partial charge in [-0.05, 0) is 37.5 Å². The molecule has 0 bridgehead atoms. The number of aliphatic hydroxyl groups excluding tert-OH is 1. The van der Waals surface area contributed by atoms with Crippen molar-refractivity contribution in [1.82, 2.24) is 0 Å². The Morgan fingerprint density at radius 3 is 0.861 bits per heavy atom. The lowest BCUT2D eigenvalue weighted by Crippen LogP contribution is -2.30. The number of ether oxygens (including phenoxy) is 4. The molecule has 0 spiro atoms. The molecule has 468 valence electrons. The number of hydrogen-bond acceptors (Lipinski definition) is 15. The van der Waals surface area contributed by atoms with Crippen molar-refractivity contribution >= 4 is 39.5 Å². The molecule has 0 rings (SSSR count). The molecule has 0 radical (unpaired) electrons. The first-order valence-electron chi connectivity index (χ1n) is 31.5. The highest BCUT2D eigenvalue weighted by Crippen LogP contribution is 2.45. The summed E-state index contributed by atoms with van der Waals surface area (Å²) in [5.41, 5.74) is 0. The zero-order valence-electron chi connectivity index (χ0n) is 50.7. The minimum absolute atomic E-state index is 0.103. The second kappa shape index (κ2) is 52.8. The lowest BCUT2D eigenvalue weighted by atomic mass is 10.0. The monoisotopic (exact) mass is 1170 g/mol. The van der Waals surface area contributed by atoms with Crippen molar-refractivity contribution in [3.05, 3.63) is 0 Å². The molecule has 0 aromatic carbocycles. The summed E-state index contributed by atoms with van der Waals surface area (Å²) in [6, 6.07) is 0. The summed E-state index contributed by atoms with van der Waals surface area (Å²) in [5, 5.41) is 10.5. The lowest BCUT2D eigenvalue weighted by Gasteiger charge is -2.21. The molecule has 0 heterocycles. The third-order valence-corrected chi connectivity index (χ3v) is 15.6. The van der Waals surface area contributed by atoms with E-state index in [9.17, 15) is 43.2 Å². The molecule has 2 unspecified atom stereocenters. The van der Waals surface area contributed by atoms with Gasteiger partial charge in [0.2, 0.25) is 0 Å². The van der Waals surface area contributed by atoms with Crippen LogP contribution in [0.25, 0.3) is 0 Å². The first kappa shape index (κ1) is 77.1. The van der Waals surface area contributed by atoms with Crippen molar-refractivity contribution in [2.24, 2.45) is 11.8 Å². The van der Waals surface area contributed by atoms with Crippen LogP contribution >= 0.6 is 15.6 Å². The molecule has 19 heteroatoms. The maximum absolute atomic E-state index is 12.9. The van der Waals surface area contributed by atoms with Gasteiger partial charge in [0.25, 0.3) is 0 Å². The average Bonchev–Trinajstić information content (AvgIpc) is 3.40. The molecule has 5 atom stereocenters. The predicted octanol–water partition coefficient (Wildman–Crippen LogP) is 16.1. The van der Waals surface area contributed by atoms with Crippen molar-refractivity contribution in [2.75, 3.05) is 39.6 Å². The minimum Gasteiger partial charge on any atom is -0.462 e. The van der Waals surface area contributed by atoms with Gasteiger partial charge in [-0.3, -0.25) is 37.3 Å². The molecule has 79 heavy (non-hydrogen) atoms. The lowest BCUT2D eigenvalue weighted by molar-refractivity contribution is -0.161. The quantitative estimate of drug-likeness (QED) is 0.0222. The highest BCUT2D eigenvalue weighted by Gasteiger charge is 2.30. The summed E-state index contributed by atoms with van der Waals surface area (Å²) in [6.07, 6.45) is 33.6. The fourth-order valence-corrected chi connectivity index (χ4v) is 10.4. The van der Waals surface area contributed by atoms with E-state index in [4.69, 9.17) is 37.0 Å². The maximum Gasteiger partial charge on any atom is 0.472 e. The Morgan fingerprint density at radius 2 is 0.582 bits per heavy atom. The van der Waals surface area contributed by atoms with Crippen LogP contribution in [0.4, 0.5) is 0 Å². The number of phosphoric acid groups is 2. The van der Waals surface area contributed by atoms with Crippen molar-refractivity contribution in [2.45, 2.75) is 310 Å². The summed E-state index contributed by atoms with van der Waals surface area (Å²) in [4.78, 5) is 71.9. The molecule has 0 saturated heterocycles. The van der Waals surface area contributed by atoms with Crippen molar-refractivity contribution in [1.29, 1.82) is 0 Å². The largest absolute Gasteiger partial charge is 0.472 e. The molecule has 0 saturated carbocycles. The van der Waals surface area contributed by atoms with Gasteiger partial charge in [0, 0.05) is 25.7 Å². The van der Waals surface area contributed by atoms with Crippen LogP contribution in [0.5, 0.6) is 0 Å². The van der Waals surface area contributed by atoms with Gasteiger partial charge in [0.1, 0.15) is 19.3 Å². The molecule has 0 aliphatic heterocycles. The summed E-state index contributed by atoms with van der Waals surface area (Å²) in [5.74, 6) is -0.720. The highest BCUT2D eigenvalue weighted by atomic mass is 31.2. The normalized spacial score (nSPS) is 14.4. The molecule has 17 nitrogen and oxygen atoms in total. The van der Waals surface area contributed by atoms with E-state index in [-0.39, 0.29) is 25.7 Å². The average molecular weight is 1170 g/mol. The van der Waals surface area contributed by atoms with Gasteiger partial charge in [0.05, 0.1) is 26.4 Å². The maximum atomic E-state index is 12.9. The van der Waals surface area contributed by atoms with Gasteiger partial charge in [-0.2, -0.15) is 0 Å². The standard InChI is InChI=1S/C60H116O17P2/c1-7-9-11-13-15-17-24-30-36-42-57(62)70-48-55(76-59(64)44-38-32-25-18-16-14-12-10-8-2)50-74-78(66,67)72-46-54(61)47-73-79(68,69)75-51-56(49-71-58(63)43-37-31-27-21-23-29-35-41-53(5)6)77-60(65)45-39-33-26-20-19-22-28-34-40-52(3)4/h52-56,61H,7-51H2,1-6H3,(H,66,67)(H,68,69)/t54-,55+,56+/m0/s1. The van der Waals surface area contributed by atoms with Crippen LogP contribution in [0, 0.1) is 11.8 Å². The number of carbonyl (C=O) groups is 4. The topological polar surface area (TPSA) is 237 Å². The van der Waals surface area contributed by atoms with Crippen LogP contribution in [-0.4, -0.2) is 96.7 Å². The van der Waals surface area contributed by atoms with Gasteiger partial charge in [-0.25, -0.2) is 9.13 Å². The van der Waals surface area contributed by atoms with Crippen LogP contribution in [-0.2, 0) is 65.4 Å². The molecule has 0 aliphatic carbocycles. The number of carbonyl (C=O) groups excluding carboxylic acids is 4. The van der Waals surface area contributed by atoms with Crippen molar-refractivity contribution < 1.29 is 80.2 Å². The second-order valence-electron chi connectivity index (χ2n) is 22.7. The highest BCUT2D eigenvalue weighted by molar-refractivity contribution is 7.47. The Bertz CT molecular complexity index is 1560. The molecule has 0 aliphatic rings. The van der Waals surface area contributed by atoms with E-state index in [1.165, 1.54) is 103 Å². The van der Waals surface area contributed by atoms with Crippen molar-refractivity contribution in [3.63, 3.8) is 0 Å². The Hall–Kier alpha value is -1.94. The summed E-state index contributed by atoms with van der Waals surface area (Å²) in [7, 11) is -9.87. The van der Waals surface area contributed by atoms with Gasteiger partial charge >= 0.3 is 39.5 Å². The van der Waals surface area contributed by atoms with E-state index >= 15 is 0 Å². The summed E-state index contributed by atoms with van der Waals surface area (Å²) in [6.45, 7) is 9.33. The number of rotatable bonds is 59.